The third-order valence-corrected chi connectivity index (χ3v) is 14.3. The molecule has 0 aromatic heterocycles. The number of esters is 3. The Labute approximate surface area is 464 Å². The monoisotopic (exact) mass is 1090 g/mol. The smallest absolute Gasteiger partial charge is 0.338 e. The lowest BCUT2D eigenvalue weighted by molar-refractivity contribution is -0.307. The molecule has 15 heteroatoms. The van der Waals surface area contributed by atoms with Gasteiger partial charge >= 0.3 is 17.9 Å². The highest BCUT2D eigenvalue weighted by Gasteiger charge is 2.52. The SMILES string of the molecule is O=C(CCC(=O)O[C@H]1[C@H](O)[C@@H](COCc2ccccc2)O[C@H](OCc2ccccc2)[C@@H]1OC(=O)c1ccccc1)OC[C@H]1O[C@H](Sc2ccccc2)[C@@H](OCc2ccccc2)[C@@H](OCc2ccccc2)[C@@H]1OCc1ccccc1. The minimum Gasteiger partial charge on any atom is -0.463 e. The highest BCUT2D eigenvalue weighted by Crippen LogP contribution is 2.39. The molecule has 10 atom stereocenters. The lowest BCUT2D eigenvalue weighted by Crippen LogP contribution is -2.61. The fraction of sp³-hybridized carbons (Fsp3) is 0.297. The van der Waals surface area contributed by atoms with Gasteiger partial charge in [-0.25, -0.2) is 4.79 Å². The molecule has 0 aliphatic carbocycles. The van der Waals surface area contributed by atoms with Crippen LogP contribution in [-0.2, 0) is 90.0 Å². The van der Waals surface area contributed by atoms with E-state index >= 15 is 0 Å². The third-order valence-electron chi connectivity index (χ3n) is 13.2. The molecule has 0 unspecified atom stereocenters. The van der Waals surface area contributed by atoms with Crippen LogP contribution in [-0.4, -0.2) is 96.8 Å². The summed E-state index contributed by atoms with van der Waals surface area (Å²) in [5, 5.41) is 12.0. The van der Waals surface area contributed by atoms with Gasteiger partial charge in [0.05, 0.1) is 58.0 Å². The van der Waals surface area contributed by atoms with Crippen LogP contribution in [0.2, 0.25) is 0 Å². The number of aliphatic hydroxyl groups is 1. The Kier molecular flexibility index (Phi) is 21.4. The normalized spacial score (nSPS) is 22.8. The predicted molar refractivity (Wildman–Crippen MR) is 294 cm³/mol. The molecule has 9 rings (SSSR count). The van der Waals surface area contributed by atoms with E-state index in [0.29, 0.717) is 0 Å². The Morgan fingerprint density at radius 1 is 0.418 bits per heavy atom. The van der Waals surface area contributed by atoms with Gasteiger partial charge in [-0.15, -0.1) is 0 Å². The zero-order valence-electron chi connectivity index (χ0n) is 43.5. The van der Waals surface area contributed by atoms with Gasteiger partial charge in [0, 0.05) is 4.90 Å². The van der Waals surface area contributed by atoms with E-state index in [1.54, 1.807) is 30.3 Å². The lowest BCUT2D eigenvalue weighted by Gasteiger charge is -2.45. The summed E-state index contributed by atoms with van der Waals surface area (Å²) in [5.41, 5.74) is 4.04. The van der Waals surface area contributed by atoms with Gasteiger partial charge in [-0.2, -0.15) is 0 Å². The second kappa shape index (κ2) is 29.8. The maximum atomic E-state index is 14.0. The van der Waals surface area contributed by atoms with Crippen molar-refractivity contribution < 1.29 is 66.9 Å². The number of carbonyl (C=O) groups excluding carboxylic acids is 3. The first-order valence-corrected chi connectivity index (χ1v) is 27.3. The number of benzene rings is 7. The average molecular weight is 1090 g/mol. The van der Waals surface area contributed by atoms with Crippen LogP contribution >= 0.6 is 11.8 Å². The van der Waals surface area contributed by atoms with Crippen molar-refractivity contribution in [3.8, 4) is 0 Å². The fourth-order valence-electron chi connectivity index (χ4n) is 9.08. The number of aliphatic hydroxyl groups excluding tert-OH is 1. The number of thioether (sulfide) groups is 1. The Bertz CT molecular complexity index is 2890. The van der Waals surface area contributed by atoms with Gasteiger partial charge in [0.1, 0.15) is 48.7 Å². The summed E-state index contributed by atoms with van der Waals surface area (Å²) in [7, 11) is 0. The Balaban J connectivity index is 0.925. The zero-order chi connectivity index (χ0) is 54.4. The van der Waals surface area contributed by atoms with Gasteiger partial charge in [0.25, 0.3) is 0 Å². The van der Waals surface area contributed by atoms with Crippen molar-refractivity contribution in [2.45, 2.75) is 111 Å². The van der Waals surface area contributed by atoms with Gasteiger partial charge in [-0.3, -0.25) is 9.59 Å². The molecule has 0 radical (unpaired) electrons. The summed E-state index contributed by atoms with van der Waals surface area (Å²) in [6.07, 6.45) is -10.9. The van der Waals surface area contributed by atoms with Crippen molar-refractivity contribution in [2.24, 2.45) is 0 Å². The standard InChI is InChI=1S/C64H64O14S/c65-54(36-37-55(66)77-58-56(67)52(43-69-38-45-22-8-1-9-23-45)75-63(74-42-49-30-16-5-17-31-49)60(58)78-62(68)50-32-18-6-19-33-50)70-44-53-57(71-39-46-24-10-2-11-25-46)59(72-40-47-26-12-3-13-27-47)61(73-41-48-28-14-4-15-29-48)64(76-53)79-51-34-20-7-21-35-51/h1-35,52-53,56-61,63-64,67H,36-44H2/t52-,53-,56-,57-,58+,59+,60-,61+,63+,64-/m1/s1. The van der Waals surface area contributed by atoms with Gasteiger partial charge in [0.2, 0.25) is 0 Å². The molecule has 2 saturated heterocycles. The van der Waals surface area contributed by atoms with E-state index in [9.17, 15) is 19.5 Å². The van der Waals surface area contributed by atoms with Crippen molar-refractivity contribution in [1.82, 2.24) is 0 Å². The topological polar surface area (TPSA) is 164 Å². The largest absolute Gasteiger partial charge is 0.463 e. The molecule has 79 heavy (non-hydrogen) atoms. The highest BCUT2D eigenvalue weighted by atomic mass is 32.2. The number of rotatable bonds is 26. The van der Waals surface area contributed by atoms with E-state index < -0.39 is 91.3 Å². The Morgan fingerprint density at radius 3 is 1.39 bits per heavy atom. The summed E-state index contributed by atoms with van der Waals surface area (Å²) in [4.78, 5) is 42.5. The molecule has 2 heterocycles. The molecule has 0 saturated carbocycles. The van der Waals surface area contributed by atoms with Gasteiger partial charge < -0.3 is 52.5 Å². The molecular formula is C64H64O14S. The van der Waals surface area contributed by atoms with Crippen molar-refractivity contribution >= 4 is 29.7 Å². The molecule has 0 amide bonds. The number of carbonyl (C=O) groups is 3. The molecule has 7 aromatic rings. The molecule has 2 aliphatic heterocycles. The van der Waals surface area contributed by atoms with Crippen LogP contribution < -0.4 is 0 Å². The molecule has 1 N–H and O–H groups in total. The minimum atomic E-state index is -1.56. The molecule has 410 valence electrons. The first kappa shape index (κ1) is 56.7. The highest BCUT2D eigenvalue weighted by molar-refractivity contribution is 7.99. The maximum absolute atomic E-state index is 14.0. The molecule has 2 aliphatic rings. The maximum Gasteiger partial charge on any atom is 0.338 e. The summed E-state index contributed by atoms with van der Waals surface area (Å²) in [5.74, 6) is -2.37. The van der Waals surface area contributed by atoms with Crippen LogP contribution in [0.4, 0.5) is 0 Å². The summed E-state index contributed by atoms with van der Waals surface area (Å²) < 4.78 is 63.9. The minimum absolute atomic E-state index is 0.0287. The lowest BCUT2D eigenvalue weighted by atomic mass is 9.98. The fourth-order valence-corrected chi connectivity index (χ4v) is 10.2. The quantitative estimate of drug-likeness (QED) is 0.0402. The third kappa shape index (κ3) is 17.0. The number of hydrogen-bond acceptors (Lipinski definition) is 15. The first-order chi connectivity index (χ1) is 38.8. The van der Waals surface area contributed by atoms with E-state index in [0.717, 1.165) is 32.7 Å². The molecule has 0 bridgehead atoms. The number of hydrogen-bond donors (Lipinski definition) is 1. The van der Waals surface area contributed by atoms with Gasteiger partial charge in [-0.1, -0.05) is 200 Å². The van der Waals surface area contributed by atoms with E-state index in [1.165, 1.54) is 11.8 Å². The van der Waals surface area contributed by atoms with Crippen molar-refractivity contribution in [3.05, 3.63) is 246 Å². The molecule has 2 fully saturated rings. The van der Waals surface area contributed by atoms with Crippen molar-refractivity contribution in [3.63, 3.8) is 0 Å². The van der Waals surface area contributed by atoms with Crippen LogP contribution in [0.5, 0.6) is 0 Å². The number of ether oxygens (including phenoxy) is 10. The molecule has 0 spiro atoms. The van der Waals surface area contributed by atoms with E-state index in [4.69, 9.17) is 47.4 Å². The summed E-state index contributed by atoms with van der Waals surface area (Å²) in [6, 6.07) is 66.2. The van der Waals surface area contributed by atoms with Crippen LogP contribution in [0.15, 0.2) is 217 Å². The van der Waals surface area contributed by atoms with Crippen LogP contribution in [0.25, 0.3) is 0 Å². The molecular weight excluding hydrogens is 1020 g/mol. The summed E-state index contributed by atoms with van der Waals surface area (Å²) in [6.45, 7) is 0.508. The van der Waals surface area contributed by atoms with Gasteiger partial charge in [0.15, 0.2) is 18.5 Å². The Hall–Kier alpha value is -7.02. The summed E-state index contributed by atoms with van der Waals surface area (Å²) >= 11 is 1.46. The predicted octanol–water partition coefficient (Wildman–Crippen LogP) is 10.2. The first-order valence-electron chi connectivity index (χ1n) is 26.4. The van der Waals surface area contributed by atoms with E-state index in [2.05, 4.69) is 0 Å². The second-order valence-electron chi connectivity index (χ2n) is 19.0. The average Bonchev–Trinajstić information content (AvgIpc) is 3.53. The molecule has 7 aromatic carbocycles. The van der Waals surface area contributed by atoms with Gasteiger partial charge in [-0.05, 0) is 52.1 Å². The van der Waals surface area contributed by atoms with Crippen LogP contribution in [0.1, 0.15) is 51.0 Å². The van der Waals surface area contributed by atoms with Crippen molar-refractivity contribution in [1.29, 1.82) is 0 Å². The molecule has 14 nitrogen and oxygen atoms in total. The van der Waals surface area contributed by atoms with Crippen LogP contribution in [0.3, 0.4) is 0 Å². The van der Waals surface area contributed by atoms with Crippen LogP contribution in [0, 0.1) is 0 Å². The van der Waals surface area contributed by atoms with Crippen molar-refractivity contribution in [2.75, 3.05) is 13.2 Å². The second-order valence-corrected chi connectivity index (χ2v) is 20.1. The Morgan fingerprint density at radius 2 is 0.861 bits per heavy atom. The van der Waals surface area contributed by atoms with E-state index in [1.807, 2.05) is 182 Å². The van der Waals surface area contributed by atoms with E-state index in [-0.39, 0.29) is 51.8 Å². The zero-order valence-corrected chi connectivity index (χ0v) is 44.3.